The minimum atomic E-state index is -0.400. The van der Waals surface area contributed by atoms with Gasteiger partial charge in [0.1, 0.15) is 17.3 Å². The van der Waals surface area contributed by atoms with Crippen LogP contribution in [-0.4, -0.2) is 17.6 Å². The first kappa shape index (κ1) is 19.2. The lowest BCUT2D eigenvalue weighted by atomic mass is 10.2. The number of ether oxygens (including phenoxy) is 2. The molecule has 144 valence electrons. The summed E-state index contributed by atoms with van der Waals surface area (Å²) in [5.74, 6) is 0.971. The summed E-state index contributed by atoms with van der Waals surface area (Å²) in [5, 5.41) is 5.49. The van der Waals surface area contributed by atoms with Crippen molar-refractivity contribution in [2.75, 3.05) is 11.9 Å². The average molecular weight is 381 g/mol. The van der Waals surface area contributed by atoms with E-state index >= 15 is 0 Å². The van der Waals surface area contributed by atoms with E-state index in [-0.39, 0.29) is 12.6 Å². The maximum absolute atomic E-state index is 13.3. The highest BCUT2D eigenvalue weighted by Gasteiger charge is 2.09. The smallest absolute Gasteiger partial charge is 0.319 e. The zero-order chi connectivity index (χ0) is 19.8. The molecule has 3 rings (SSSR count). The number of rotatable bonds is 7. The van der Waals surface area contributed by atoms with Crippen molar-refractivity contribution in [3.8, 4) is 17.4 Å². The van der Waals surface area contributed by atoms with Crippen LogP contribution in [-0.2, 0) is 6.54 Å². The third kappa shape index (κ3) is 5.44. The standard InChI is InChI=1S/C21H20FN3O3/c1-2-27-18-10-8-17(9-11-18)25-21(26)24-14-15-5-4-12-23-20(15)28-19-7-3-6-16(22)13-19/h3-13H,2,14H2,1H3,(H2,24,25,26). The summed E-state index contributed by atoms with van der Waals surface area (Å²) in [6, 6.07) is 16.0. The van der Waals surface area contributed by atoms with Crippen LogP contribution in [0.4, 0.5) is 14.9 Å². The Balaban J connectivity index is 1.59. The molecule has 0 aliphatic heterocycles. The predicted molar refractivity (Wildman–Crippen MR) is 104 cm³/mol. The summed E-state index contributed by atoms with van der Waals surface area (Å²) in [7, 11) is 0. The molecule has 1 aromatic heterocycles. The Morgan fingerprint density at radius 1 is 1.07 bits per heavy atom. The summed E-state index contributed by atoms with van der Waals surface area (Å²) < 4.78 is 24.3. The minimum Gasteiger partial charge on any atom is -0.494 e. The molecule has 1 heterocycles. The molecule has 2 amide bonds. The number of anilines is 1. The third-order valence-corrected chi connectivity index (χ3v) is 3.72. The van der Waals surface area contributed by atoms with Gasteiger partial charge in [-0.2, -0.15) is 0 Å². The lowest BCUT2D eigenvalue weighted by Crippen LogP contribution is -2.28. The number of pyridine rings is 1. The number of benzene rings is 2. The van der Waals surface area contributed by atoms with Crippen molar-refractivity contribution in [2.45, 2.75) is 13.5 Å². The number of amides is 2. The van der Waals surface area contributed by atoms with E-state index in [1.807, 2.05) is 6.92 Å². The van der Waals surface area contributed by atoms with Crippen molar-refractivity contribution in [1.82, 2.24) is 10.3 Å². The lowest BCUT2D eigenvalue weighted by Gasteiger charge is -2.12. The van der Waals surface area contributed by atoms with Gasteiger partial charge in [-0.05, 0) is 49.4 Å². The van der Waals surface area contributed by atoms with Gasteiger partial charge in [0.05, 0.1) is 6.61 Å². The second kappa shape index (κ2) is 9.36. The largest absolute Gasteiger partial charge is 0.494 e. The number of carbonyl (C=O) groups is 1. The van der Waals surface area contributed by atoms with E-state index in [4.69, 9.17) is 9.47 Å². The van der Waals surface area contributed by atoms with E-state index in [1.54, 1.807) is 54.7 Å². The number of aromatic nitrogens is 1. The van der Waals surface area contributed by atoms with Gasteiger partial charge in [0.15, 0.2) is 0 Å². The van der Waals surface area contributed by atoms with Gasteiger partial charge >= 0.3 is 6.03 Å². The second-order valence-electron chi connectivity index (χ2n) is 5.79. The van der Waals surface area contributed by atoms with E-state index in [9.17, 15) is 9.18 Å². The second-order valence-corrected chi connectivity index (χ2v) is 5.79. The van der Waals surface area contributed by atoms with Gasteiger partial charge in [-0.3, -0.25) is 0 Å². The number of urea groups is 1. The van der Waals surface area contributed by atoms with Crippen LogP contribution >= 0.6 is 0 Å². The van der Waals surface area contributed by atoms with Crippen molar-refractivity contribution < 1.29 is 18.7 Å². The first-order chi connectivity index (χ1) is 13.6. The molecule has 3 aromatic rings. The molecule has 0 fully saturated rings. The van der Waals surface area contributed by atoms with Crippen LogP contribution < -0.4 is 20.1 Å². The molecule has 2 N–H and O–H groups in total. The highest BCUT2D eigenvalue weighted by atomic mass is 19.1. The summed E-state index contributed by atoms with van der Waals surface area (Å²) >= 11 is 0. The number of halogens is 1. The van der Waals surface area contributed by atoms with E-state index in [0.717, 1.165) is 5.75 Å². The Bertz CT molecular complexity index is 932. The Kier molecular flexibility index (Phi) is 6.41. The molecule has 0 unspecified atom stereocenters. The lowest BCUT2D eigenvalue weighted by molar-refractivity contribution is 0.251. The van der Waals surface area contributed by atoms with Crippen LogP contribution in [0.1, 0.15) is 12.5 Å². The number of nitrogens with zero attached hydrogens (tertiary/aromatic N) is 1. The van der Waals surface area contributed by atoms with Crippen molar-refractivity contribution >= 4 is 11.7 Å². The van der Waals surface area contributed by atoms with Gasteiger partial charge in [-0.25, -0.2) is 14.2 Å². The van der Waals surface area contributed by atoms with Crippen LogP contribution in [0.5, 0.6) is 17.4 Å². The van der Waals surface area contributed by atoms with Gasteiger partial charge in [-0.15, -0.1) is 0 Å². The number of nitrogens with one attached hydrogen (secondary N) is 2. The van der Waals surface area contributed by atoms with Gasteiger partial charge < -0.3 is 20.1 Å². The Labute approximate surface area is 162 Å². The molecule has 0 radical (unpaired) electrons. The molecule has 0 saturated heterocycles. The Hall–Kier alpha value is -3.61. The maximum Gasteiger partial charge on any atom is 0.319 e. The average Bonchev–Trinajstić information content (AvgIpc) is 2.69. The van der Waals surface area contributed by atoms with Crippen molar-refractivity contribution in [3.63, 3.8) is 0 Å². The van der Waals surface area contributed by atoms with Gasteiger partial charge in [0.25, 0.3) is 0 Å². The number of hydrogen-bond donors (Lipinski definition) is 2. The molecule has 0 aliphatic carbocycles. The fourth-order valence-corrected chi connectivity index (χ4v) is 2.44. The Morgan fingerprint density at radius 3 is 2.64 bits per heavy atom. The highest BCUT2D eigenvalue weighted by molar-refractivity contribution is 5.89. The third-order valence-electron chi connectivity index (χ3n) is 3.72. The monoisotopic (exact) mass is 381 g/mol. The van der Waals surface area contributed by atoms with Gasteiger partial charge in [-0.1, -0.05) is 12.1 Å². The molecular formula is C21H20FN3O3. The normalized spacial score (nSPS) is 10.2. The number of carbonyl (C=O) groups excluding carboxylic acids is 1. The van der Waals surface area contributed by atoms with Crippen molar-refractivity contribution in [1.29, 1.82) is 0 Å². The molecule has 6 nitrogen and oxygen atoms in total. The molecule has 2 aromatic carbocycles. The van der Waals surface area contributed by atoms with Crippen LogP contribution in [0.25, 0.3) is 0 Å². The SMILES string of the molecule is CCOc1ccc(NC(=O)NCc2cccnc2Oc2cccc(F)c2)cc1. The van der Waals surface area contributed by atoms with E-state index < -0.39 is 5.82 Å². The molecule has 7 heteroatoms. The zero-order valence-electron chi connectivity index (χ0n) is 15.3. The highest BCUT2D eigenvalue weighted by Crippen LogP contribution is 2.23. The number of hydrogen-bond acceptors (Lipinski definition) is 4. The van der Waals surface area contributed by atoms with Gasteiger partial charge in [0.2, 0.25) is 5.88 Å². The van der Waals surface area contributed by atoms with Crippen molar-refractivity contribution in [3.05, 3.63) is 78.2 Å². The topological polar surface area (TPSA) is 72.5 Å². The molecule has 0 bridgehead atoms. The zero-order valence-corrected chi connectivity index (χ0v) is 15.3. The quantitative estimate of drug-likeness (QED) is 0.620. The molecule has 0 spiro atoms. The van der Waals surface area contributed by atoms with Gasteiger partial charge in [0, 0.05) is 30.1 Å². The molecular weight excluding hydrogens is 361 g/mol. The van der Waals surface area contributed by atoms with Crippen LogP contribution in [0.2, 0.25) is 0 Å². The summed E-state index contributed by atoms with van der Waals surface area (Å²) in [6.45, 7) is 2.68. The molecule has 28 heavy (non-hydrogen) atoms. The molecule has 0 aliphatic rings. The minimum absolute atomic E-state index is 0.196. The summed E-state index contributed by atoms with van der Waals surface area (Å²) in [6.07, 6.45) is 1.57. The fraction of sp³-hybridized carbons (Fsp3) is 0.143. The fourth-order valence-electron chi connectivity index (χ4n) is 2.44. The van der Waals surface area contributed by atoms with E-state index in [0.29, 0.717) is 29.5 Å². The predicted octanol–water partition coefficient (Wildman–Crippen LogP) is 4.73. The van der Waals surface area contributed by atoms with E-state index in [1.165, 1.54) is 12.1 Å². The van der Waals surface area contributed by atoms with Crippen molar-refractivity contribution in [2.24, 2.45) is 0 Å². The first-order valence-corrected chi connectivity index (χ1v) is 8.79. The van der Waals surface area contributed by atoms with Crippen LogP contribution in [0.15, 0.2) is 66.9 Å². The summed E-state index contributed by atoms with van der Waals surface area (Å²) in [4.78, 5) is 16.3. The molecule has 0 saturated carbocycles. The van der Waals surface area contributed by atoms with Crippen LogP contribution in [0, 0.1) is 5.82 Å². The summed E-state index contributed by atoms with van der Waals surface area (Å²) in [5.41, 5.74) is 1.30. The maximum atomic E-state index is 13.3. The Morgan fingerprint density at radius 2 is 1.89 bits per heavy atom. The van der Waals surface area contributed by atoms with Crippen LogP contribution in [0.3, 0.4) is 0 Å². The van der Waals surface area contributed by atoms with E-state index in [2.05, 4.69) is 15.6 Å². The first-order valence-electron chi connectivity index (χ1n) is 8.79. The molecule has 0 atom stereocenters.